The van der Waals surface area contributed by atoms with Crippen molar-refractivity contribution in [3.05, 3.63) is 53.3 Å². The Morgan fingerprint density at radius 2 is 1.95 bits per heavy atom. The van der Waals surface area contributed by atoms with Crippen LogP contribution >= 0.6 is 0 Å². The molecule has 0 amide bonds. The van der Waals surface area contributed by atoms with Crippen LogP contribution in [0.4, 0.5) is 10.1 Å². The number of hydrogen-bond donors (Lipinski definition) is 2. The van der Waals surface area contributed by atoms with Gasteiger partial charge in [0, 0.05) is 11.6 Å². The molecule has 0 saturated heterocycles. The monoisotopic (exact) mass is 275 g/mol. The summed E-state index contributed by atoms with van der Waals surface area (Å²) >= 11 is 0. The first-order valence-corrected chi connectivity index (χ1v) is 6.41. The molecule has 0 aliphatic carbocycles. The molecular formula is C16H18FNO2. The zero-order valence-corrected chi connectivity index (χ0v) is 11.8. The van der Waals surface area contributed by atoms with Crippen LogP contribution < -0.4 is 10.1 Å². The second-order valence-electron chi connectivity index (χ2n) is 4.78. The molecule has 2 aromatic carbocycles. The fourth-order valence-electron chi connectivity index (χ4n) is 2.11. The van der Waals surface area contributed by atoms with Gasteiger partial charge in [-0.15, -0.1) is 0 Å². The lowest BCUT2D eigenvalue weighted by Gasteiger charge is -2.19. The van der Waals surface area contributed by atoms with Crippen molar-refractivity contribution in [2.75, 3.05) is 12.4 Å². The minimum Gasteiger partial charge on any atom is -0.508 e. The number of ether oxygens (including phenoxy) is 1. The summed E-state index contributed by atoms with van der Waals surface area (Å²) in [5.74, 6) is 0.199. The van der Waals surface area contributed by atoms with E-state index in [-0.39, 0.29) is 11.8 Å². The predicted molar refractivity (Wildman–Crippen MR) is 77.8 cm³/mol. The van der Waals surface area contributed by atoms with Crippen LogP contribution in [0, 0.1) is 12.7 Å². The van der Waals surface area contributed by atoms with Crippen LogP contribution in [0.5, 0.6) is 11.5 Å². The molecular weight excluding hydrogens is 257 g/mol. The molecule has 2 N–H and O–H groups in total. The van der Waals surface area contributed by atoms with Gasteiger partial charge in [0.2, 0.25) is 0 Å². The summed E-state index contributed by atoms with van der Waals surface area (Å²) in [6, 6.07) is 9.70. The molecule has 2 aromatic rings. The maximum absolute atomic E-state index is 13.8. The molecule has 4 heteroatoms. The summed E-state index contributed by atoms with van der Waals surface area (Å²) in [6.07, 6.45) is 0. The Morgan fingerprint density at radius 1 is 1.20 bits per heavy atom. The van der Waals surface area contributed by atoms with Crippen molar-refractivity contribution >= 4 is 5.69 Å². The van der Waals surface area contributed by atoms with E-state index in [1.165, 1.54) is 6.07 Å². The van der Waals surface area contributed by atoms with Gasteiger partial charge < -0.3 is 15.2 Å². The van der Waals surface area contributed by atoms with Crippen molar-refractivity contribution in [1.29, 1.82) is 0 Å². The SMILES string of the molecule is COc1ccc(C)cc1NC(C)c1ccc(O)cc1F. The Morgan fingerprint density at radius 3 is 2.60 bits per heavy atom. The quantitative estimate of drug-likeness (QED) is 0.885. The number of nitrogens with one attached hydrogen (secondary N) is 1. The third kappa shape index (κ3) is 3.02. The topological polar surface area (TPSA) is 41.5 Å². The van der Waals surface area contributed by atoms with E-state index in [9.17, 15) is 9.50 Å². The minimum atomic E-state index is -0.434. The highest BCUT2D eigenvalue weighted by Gasteiger charge is 2.13. The fourth-order valence-corrected chi connectivity index (χ4v) is 2.11. The maximum Gasteiger partial charge on any atom is 0.141 e. The molecule has 3 nitrogen and oxygen atoms in total. The number of anilines is 1. The van der Waals surface area contributed by atoms with Crippen LogP contribution in [0.3, 0.4) is 0 Å². The Hall–Kier alpha value is -2.23. The van der Waals surface area contributed by atoms with Gasteiger partial charge >= 0.3 is 0 Å². The van der Waals surface area contributed by atoms with Gasteiger partial charge in [-0.1, -0.05) is 12.1 Å². The Labute approximate surface area is 118 Å². The van der Waals surface area contributed by atoms with Crippen molar-refractivity contribution < 1.29 is 14.2 Å². The molecule has 2 rings (SSSR count). The smallest absolute Gasteiger partial charge is 0.141 e. The number of methoxy groups -OCH3 is 1. The van der Waals surface area contributed by atoms with E-state index in [1.807, 2.05) is 32.0 Å². The van der Waals surface area contributed by atoms with Crippen LogP contribution in [0.2, 0.25) is 0 Å². The van der Waals surface area contributed by atoms with Gasteiger partial charge in [-0.25, -0.2) is 4.39 Å². The highest BCUT2D eigenvalue weighted by Crippen LogP contribution is 2.30. The lowest BCUT2D eigenvalue weighted by atomic mass is 10.1. The summed E-state index contributed by atoms with van der Waals surface area (Å²) in [5.41, 5.74) is 2.39. The third-order valence-electron chi connectivity index (χ3n) is 3.18. The Balaban J connectivity index is 2.27. The number of hydrogen-bond acceptors (Lipinski definition) is 3. The van der Waals surface area contributed by atoms with E-state index in [2.05, 4.69) is 5.32 Å². The summed E-state index contributed by atoms with van der Waals surface area (Å²) in [7, 11) is 1.60. The summed E-state index contributed by atoms with van der Waals surface area (Å²) in [4.78, 5) is 0. The first-order valence-electron chi connectivity index (χ1n) is 6.41. The molecule has 0 spiro atoms. The molecule has 0 fully saturated rings. The van der Waals surface area contributed by atoms with Crippen LogP contribution in [-0.2, 0) is 0 Å². The second-order valence-corrected chi connectivity index (χ2v) is 4.78. The first-order chi connectivity index (χ1) is 9.51. The molecule has 0 aliphatic heterocycles. The molecule has 20 heavy (non-hydrogen) atoms. The number of phenols is 1. The normalized spacial score (nSPS) is 12.0. The molecule has 0 radical (unpaired) electrons. The van der Waals surface area contributed by atoms with Crippen LogP contribution in [-0.4, -0.2) is 12.2 Å². The Kier molecular flexibility index (Phi) is 4.13. The van der Waals surface area contributed by atoms with Crippen molar-refractivity contribution in [3.8, 4) is 11.5 Å². The predicted octanol–water partition coefficient (Wildman–Crippen LogP) is 4.02. The van der Waals surface area contributed by atoms with Gasteiger partial charge in [0.25, 0.3) is 0 Å². The van der Waals surface area contributed by atoms with Crippen molar-refractivity contribution in [2.45, 2.75) is 19.9 Å². The summed E-state index contributed by atoms with van der Waals surface area (Å²) < 4.78 is 19.1. The average Bonchev–Trinajstić information content (AvgIpc) is 2.38. The summed E-state index contributed by atoms with van der Waals surface area (Å²) in [5, 5.41) is 12.5. The molecule has 0 aromatic heterocycles. The number of rotatable bonds is 4. The molecule has 1 atom stereocenters. The lowest BCUT2D eigenvalue weighted by Crippen LogP contribution is -2.09. The number of benzene rings is 2. The van der Waals surface area contributed by atoms with Crippen LogP contribution in [0.15, 0.2) is 36.4 Å². The van der Waals surface area contributed by atoms with Gasteiger partial charge in [-0.3, -0.25) is 0 Å². The zero-order chi connectivity index (χ0) is 14.7. The molecule has 0 heterocycles. The molecule has 106 valence electrons. The number of aryl methyl sites for hydroxylation is 1. The number of aromatic hydroxyl groups is 1. The first kappa shape index (κ1) is 14.2. The molecule has 0 bridgehead atoms. The van der Waals surface area contributed by atoms with E-state index in [0.29, 0.717) is 11.3 Å². The van der Waals surface area contributed by atoms with E-state index >= 15 is 0 Å². The van der Waals surface area contributed by atoms with Gasteiger partial charge in [-0.05, 0) is 37.6 Å². The highest BCUT2D eigenvalue weighted by atomic mass is 19.1. The third-order valence-corrected chi connectivity index (χ3v) is 3.18. The average molecular weight is 275 g/mol. The van der Waals surface area contributed by atoms with Crippen LogP contribution in [0.1, 0.15) is 24.1 Å². The van der Waals surface area contributed by atoms with Gasteiger partial charge in [-0.2, -0.15) is 0 Å². The molecule has 0 saturated carbocycles. The summed E-state index contributed by atoms with van der Waals surface area (Å²) in [6.45, 7) is 3.84. The Bertz CT molecular complexity index is 613. The number of phenolic OH excluding ortho intramolecular Hbond substituents is 1. The molecule has 0 aliphatic rings. The maximum atomic E-state index is 13.8. The molecule has 1 unspecified atom stereocenters. The van der Waals surface area contributed by atoms with Crippen molar-refractivity contribution in [3.63, 3.8) is 0 Å². The minimum absolute atomic E-state index is 0.0772. The zero-order valence-electron chi connectivity index (χ0n) is 11.8. The second kappa shape index (κ2) is 5.82. The number of halogens is 1. The van der Waals surface area contributed by atoms with E-state index in [4.69, 9.17) is 4.74 Å². The lowest BCUT2D eigenvalue weighted by molar-refractivity contribution is 0.416. The fraction of sp³-hybridized carbons (Fsp3) is 0.250. The standard InChI is InChI=1S/C16H18FNO2/c1-10-4-7-16(20-3)15(8-10)18-11(2)13-6-5-12(19)9-14(13)17/h4-9,11,18-19H,1-3H3. The van der Waals surface area contributed by atoms with Crippen molar-refractivity contribution in [1.82, 2.24) is 0 Å². The van der Waals surface area contributed by atoms with Crippen molar-refractivity contribution in [2.24, 2.45) is 0 Å². The van der Waals surface area contributed by atoms with Gasteiger partial charge in [0.15, 0.2) is 0 Å². The highest BCUT2D eigenvalue weighted by molar-refractivity contribution is 5.59. The van der Waals surface area contributed by atoms with E-state index < -0.39 is 5.82 Å². The van der Waals surface area contributed by atoms with E-state index in [1.54, 1.807) is 13.2 Å². The van der Waals surface area contributed by atoms with Crippen LogP contribution in [0.25, 0.3) is 0 Å². The van der Waals surface area contributed by atoms with Gasteiger partial charge in [0.1, 0.15) is 17.3 Å². The largest absolute Gasteiger partial charge is 0.508 e. The van der Waals surface area contributed by atoms with Gasteiger partial charge in [0.05, 0.1) is 18.8 Å². The van der Waals surface area contributed by atoms with E-state index in [0.717, 1.165) is 17.3 Å².